The van der Waals surface area contributed by atoms with Gasteiger partial charge in [-0.3, -0.25) is 19.3 Å². The van der Waals surface area contributed by atoms with Crippen LogP contribution in [0.1, 0.15) is 55.2 Å². The smallest absolute Gasteiger partial charge is 0.418 e. The minimum absolute atomic E-state index is 0.0259. The van der Waals surface area contributed by atoms with Crippen molar-refractivity contribution in [3.05, 3.63) is 58.1 Å². The summed E-state index contributed by atoms with van der Waals surface area (Å²) < 4.78 is 52.9. The second-order valence-electron chi connectivity index (χ2n) is 15.6. The Morgan fingerprint density at radius 2 is 1.62 bits per heavy atom. The monoisotopic (exact) mass is 833 g/mol. The first-order valence-corrected chi connectivity index (χ1v) is 20.1. The number of benzene rings is 2. The molecule has 1 unspecified atom stereocenters. The Hall–Kier alpha value is -4.77. The lowest BCUT2D eigenvalue weighted by atomic mass is 9.93. The van der Waals surface area contributed by atoms with Gasteiger partial charge < -0.3 is 40.1 Å². The first-order chi connectivity index (χ1) is 27.6. The van der Waals surface area contributed by atoms with Gasteiger partial charge in [0.2, 0.25) is 0 Å². The zero-order valence-electron chi connectivity index (χ0n) is 32.8. The third-order valence-electron chi connectivity index (χ3n) is 11.7. The number of anilines is 2. The predicted molar refractivity (Wildman–Crippen MR) is 209 cm³/mol. The Morgan fingerprint density at radius 3 is 2.31 bits per heavy atom. The number of rotatable bonds is 9. The van der Waals surface area contributed by atoms with E-state index in [1.165, 1.54) is 15.9 Å². The van der Waals surface area contributed by atoms with Gasteiger partial charge >= 0.3 is 24.3 Å². The third kappa shape index (κ3) is 10.3. The molecule has 3 saturated heterocycles. The Balaban J connectivity index is 1.09. The van der Waals surface area contributed by atoms with Crippen LogP contribution in [0.25, 0.3) is 0 Å². The molecule has 3 N–H and O–H groups in total. The molecule has 0 aliphatic carbocycles. The van der Waals surface area contributed by atoms with E-state index in [0.717, 1.165) is 30.3 Å². The van der Waals surface area contributed by atoms with E-state index >= 15 is 0 Å². The molecule has 4 heterocycles. The molecule has 0 spiro atoms. The number of urea groups is 1. The second kappa shape index (κ2) is 18.4. The van der Waals surface area contributed by atoms with Crippen molar-refractivity contribution in [2.75, 3.05) is 77.6 Å². The standard InChI is InChI=1S/C40H51ClF3N7O7/c1-47(2)34(52)24-57-37(54)27-7-5-14-50(23-27)28-10-15-48(16-11-28)36(53)33(22-25-20-30(40(42,43)44)35(45)31(41)21-25)58-39(56)49-17-12-29(13-18-49)51-19-9-26-6-3-4-8-32(26)46-38(51)55/h3-4,6,8,20-21,27-29,33H,5,7,9-19,22-24,45H2,1-2H3,(H,46,55)/t27?,33-/m1/s1. The fourth-order valence-corrected chi connectivity index (χ4v) is 8.52. The fraction of sp³-hybridized carbons (Fsp3) is 0.575. The van der Waals surface area contributed by atoms with E-state index in [0.29, 0.717) is 64.7 Å². The highest BCUT2D eigenvalue weighted by atomic mass is 35.5. The number of likely N-dealkylation sites (N-methyl/N-ethyl adjacent to an activating group) is 1. The molecule has 0 bridgehead atoms. The minimum atomic E-state index is -4.81. The number of likely N-dealkylation sites (tertiary alicyclic amines) is 3. The minimum Gasteiger partial charge on any atom is -0.455 e. The molecule has 14 nitrogen and oxygen atoms in total. The molecule has 0 saturated carbocycles. The molecule has 18 heteroatoms. The highest BCUT2D eigenvalue weighted by Gasteiger charge is 2.39. The number of hydrogen-bond acceptors (Lipinski definition) is 9. The maximum Gasteiger partial charge on any atom is 0.418 e. The summed E-state index contributed by atoms with van der Waals surface area (Å²) in [6, 6.07) is 9.40. The van der Waals surface area contributed by atoms with Crippen LogP contribution >= 0.6 is 11.6 Å². The molecule has 5 amide bonds. The summed E-state index contributed by atoms with van der Waals surface area (Å²) in [5.74, 6) is -1.66. The number of fused-ring (bicyclic) bond motifs is 1. The maximum absolute atomic E-state index is 14.2. The van der Waals surface area contributed by atoms with Crippen molar-refractivity contribution in [2.45, 2.75) is 75.7 Å². The van der Waals surface area contributed by atoms with Gasteiger partial charge in [0.15, 0.2) is 12.7 Å². The molecule has 4 aliphatic rings. The Morgan fingerprint density at radius 1 is 0.948 bits per heavy atom. The van der Waals surface area contributed by atoms with Gasteiger partial charge in [-0.2, -0.15) is 13.2 Å². The molecule has 4 aliphatic heterocycles. The zero-order chi connectivity index (χ0) is 41.7. The summed E-state index contributed by atoms with van der Waals surface area (Å²) in [7, 11) is 3.17. The summed E-state index contributed by atoms with van der Waals surface area (Å²) in [5, 5.41) is 2.64. The first kappa shape index (κ1) is 42.8. The van der Waals surface area contributed by atoms with Crippen LogP contribution in [0.5, 0.6) is 0 Å². The van der Waals surface area contributed by atoms with Gasteiger partial charge in [-0.05, 0) is 80.8 Å². The topological polar surface area (TPSA) is 158 Å². The normalized spacial score (nSPS) is 20.4. The SMILES string of the molecule is CN(C)C(=O)COC(=O)C1CCCN(C2CCN(C(=O)[C@@H](Cc3cc(Cl)c(N)c(C(F)(F)F)c3)OC(=O)N3CCC(N4CCc5ccccc5NC4=O)CC3)CC2)C1. The van der Waals surface area contributed by atoms with E-state index in [4.69, 9.17) is 26.8 Å². The molecular formula is C40H51ClF3N7O7. The van der Waals surface area contributed by atoms with Crippen molar-refractivity contribution in [2.24, 2.45) is 5.92 Å². The Kier molecular flexibility index (Phi) is 13.6. The van der Waals surface area contributed by atoms with Crippen LogP contribution in [-0.2, 0) is 42.9 Å². The van der Waals surface area contributed by atoms with Crippen molar-refractivity contribution in [1.29, 1.82) is 0 Å². The summed E-state index contributed by atoms with van der Waals surface area (Å²) in [6.45, 7) is 2.49. The van der Waals surface area contributed by atoms with E-state index in [9.17, 15) is 37.1 Å². The van der Waals surface area contributed by atoms with Gasteiger partial charge in [-0.1, -0.05) is 29.8 Å². The molecule has 2 aromatic carbocycles. The fourth-order valence-electron chi connectivity index (χ4n) is 8.28. The average molecular weight is 834 g/mol. The maximum atomic E-state index is 14.2. The highest BCUT2D eigenvalue weighted by Crippen LogP contribution is 2.38. The van der Waals surface area contributed by atoms with Crippen LogP contribution in [0.4, 0.5) is 34.1 Å². The second-order valence-corrected chi connectivity index (χ2v) is 16.1. The van der Waals surface area contributed by atoms with Crippen LogP contribution in [0, 0.1) is 5.92 Å². The number of alkyl halides is 3. The predicted octanol–water partition coefficient (Wildman–Crippen LogP) is 4.88. The van der Waals surface area contributed by atoms with Crippen LogP contribution < -0.4 is 11.1 Å². The van der Waals surface area contributed by atoms with Gasteiger partial charge in [0.1, 0.15) is 0 Å². The molecule has 3 fully saturated rings. The third-order valence-corrected chi connectivity index (χ3v) is 12.0. The summed E-state index contributed by atoms with van der Waals surface area (Å²) >= 11 is 6.13. The molecule has 2 atom stereocenters. The van der Waals surface area contributed by atoms with Crippen molar-refractivity contribution < 1.29 is 46.6 Å². The molecule has 2 aromatic rings. The number of nitrogen functional groups attached to an aromatic ring is 1. The number of nitrogens with zero attached hydrogens (tertiary/aromatic N) is 5. The van der Waals surface area contributed by atoms with Gasteiger partial charge in [-0.25, -0.2) is 9.59 Å². The number of hydrogen-bond donors (Lipinski definition) is 2. The number of piperidine rings is 3. The van der Waals surface area contributed by atoms with Crippen LogP contribution in [0.2, 0.25) is 5.02 Å². The lowest BCUT2D eigenvalue weighted by Gasteiger charge is -2.42. The number of ether oxygens (including phenoxy) is 2. The highest BCUT2D eigenvalue weighted by molar-refractivity contribution is 6.33. The molecule has 316 valence electrons. The number of halogens is 4. The number of carbonyl (C=O) groups excluding carboxylic acids is 5. The van der Waals surface area contributed by atoms with Gasteiger partial charge in [0.25, 0.3) is 11.8 Å². The van der Waals surface area contributed by atoms with Crippen molar-refractivity contribution in [3.63, 3.8) is 0 Å². The van der Waals surface area contributed by atoms with Crippen LogP contribution in [-0.4, -0.2) is 139 Å². The average Bonchev–Trinajstić information content (AvgIpc) is 3.38. The van der Waals surface area contributed by atoms with E-state index in [-0.39, 0.29) is 66.6 Å². The Labute approximate surface area is 340 Å². The van der Waals surface area contributed by atoms with Crippen molar-refractivity contribution in [1.82, 2.24) is 24.5 Å². The van der Waals surface area contributed by atoms with Crippen molar-refractivity contribution in [3.8, 4) is 0 Å². The number of esters is 1. The van der Waals surface area contributed by atoms with Crippen molar-refractivity contribution >= 4 is 52.9 Å². The summed E-state index contributed by atoms with van der Waals surface area (Å²) in [5.41, 5.74) is 5.72. The van der Waals surface area contributed by atoms with Crippen LogP contribution in [0.15, 0.2) is 36.4 Å². The lowest BCUT2D eigenvalue weighted by Crippen LogP contribution is -2.53. The Bertz CT molecular complexity index is 1850. The molecular weight excluding hydrogens is 783 g/mol. The number of nitrogens with two attached hydrogens (primary N) is 1. The summed E-state index contributed by atoms with van der Waals surface area (Å²) in [6.07, 6.45) is -3.29. The number of nitrogens with one attached hydrogen (secondary N) is 1. The first-order valence-electron chi connectivity index (χ1n) is 19.7. The van der Waals surface area contributed by atoms with E-state index in [1.807, 2.05) is 24.3 Å². The largest absolute Gasteiger partial charge is 0.455 e. The number of para-hydroxylation sites is 1. The lowest BCUT2D eigenvalue weighted by molar-refractivity contribution is -0.156. The van der Waals surface area contributed by atoms with E-state index in [2.05, 4.69) is 10.2 Å². The number of amides is 5. The molecule has 0 aromatic heterocycles. The quantitative estimate of drug-likeness (QED) is 0.266. The van der Waals surface area contributed by atoms with Gasteiger partial charge in [0.05, 0.1) is 22.2 Å². The zero-order valence-corrected chi connectivity index (χ0v) is 33.5. The van der Waals surface area contributed by atoms with E-state index < -0.39 is 41.5 Å². The van der Waals surface area contributed by atoms with Crippen LogP contribution in [0.3, 0.4) is 0 Å². The number of carbonyl (C=O) groups is 5. The summed E-state index contributed by atoms with van der Waals surface area (Å²) in [4.78, 5) is 74.0. The van der Waals surface area contributed by atoms with Gasteiger partial charge in [-0.15, -0.1) is 0 Å². The van der Waals surface area contributed by atoms with E-state index in [1.54, 1.807) is 23.9 Å². The molecule has 6 rings (SSSR count). The molecule has 58 heavy (non-hydrogen) atoms. The molecule has 0 radical (unpaired) electrons. The van der Waals surface area contributed by atoms with Gasteiger partial charge in [0, 0.05) is 77.6 Å².